The molecule has 0 atom stereocenters. The normalized spacial score (nSPS) is 12.4. The Bertz CT molecular complexity index is 942. The van der Waals surface area contributed by atoms with Crippen molar-refractivity contribution in [2.75, 3.05) is 5.32 Å². The second-order valence-corrected chi connectivity index (χ2v) is 5.32. The zero-order valence-corrected chi connectivity index (χ0v) is 12.7. The lowest BCUT2D eigenvalue weighted by atomic mass is 10.1. The summed E-state index contributed by atoms with van der Waals surface area (Å²) in [4.78, 5) is 16.2. The maximum Gasteiger partial charge on any atom is 0.416 e. The molecule has 1 aromatic carbocycles. The number of anilines is 1. The molecule has 3 rings (SSSR count). The number of pyridine rings is 1. The Morgan fingerprint density at radius 3 is 2.15 bits per heavy atom. The standard InChI is InChI=1S/C16H9F6N3O/c17-15(18,19)9-5-10(16(20,21)22)7-11(6-9)24-14(26)12-8-23-13-3-1-2-4-25(12)13/h1-8H,(H,24,26). The highest BCUT2D eigenvalue weighted by Gasteiger charge is 2.37. The summed E-state index contributed by atoms with van der Waals surface area (Å²) in [6.07, 6.45) is -7.33. The first-order valence-corrected chi connectivity index (χ1v) is 7.08. The minimum absolute atomic E-state index is 0.0100. The highest BCUT2D eigenvalue weighted by atomic mass is 19.4. The summed E-state index contributed by atoms with van der Waals surface area (Å²) in [7, 11) is 0. The van der Waals surface area contributed by atoms with Crippen LogP contribution < -0.4 is 5.32 Å². The molecule has 0 spiro atoms. The molecule has 0 unspecified atom stereocenters. The van der Waals surface area contributed by atoms with E-state index in [0.29, 0.717) is 17.8 Å². The van der Waals surface area contributed by atoms with Crippen molar-refractivity contribution < 1.29 is 31.1 Å². The number of imidazole rings is 1. The Labute approximate surface area is 142 Å². The molecule has 1 amide bonds. The fourth-order valence-electron chi connectivity index (χ4n) is 2.32. The van der Waals surface area contributed by atoms with E-state index in [4.69, 9.17) is 0 Å². The van der Waals surface area contributed by atoms with Gasteiger partial charge in [0.2, 0.25) is 0 Å². The van der Waals surface area contributed by atoms with Crippen molar-refractivity contribution in [3.05, 3.63) is 65.6 Å². The number of amides is 1. The highest BCUT2D eigenvalue weighted by molar-refractivity contribution is 6.03. The van der Waals surface area contributed by atoms with Crippen molar-refractivity contribution in [3.63, 3.8) is 0 Å². The van der Waals surface area contributed by atoms with Gasteiger partial charge in [0, 0.05) is 11.9 Å². The molecule has 0 fully saturated rings. The number of carbonyl (C=O) groups excluding carboxylic acids is 1. The first kappa shape index (κ1) is 17.8. The summed E-state index contributed by atoms with van der Waals surface area (Å²) in [5, 5.41) is 2.06. The minimum Gasteiger partial charge on any atom is -0.321 e. The number of fused-ring (bicyclic) bond motifs is 1. The van der Waals surface area contributed by atoms with Crippen LogP contribution in [-0.4, -0.2) is 15.3 Å². The van der Waals surface area contributed by atoms with Crippen LogP contribution in [0.15, 0.2) is 48.8 Å². The number of aromatic nitrogens is 2. The molecule has 0 bridgehead atoms. The number of carbonyl (C=O) groups is 1. The van der Waals surface area contributed by atoms with E-state index in [1.54, 1.807) is 18.2 Å². The second kappa shape index (κ2) is 6.04. The molecule has 0 aliphatic rings. The average molecular weight is 373 g/mol. The van der Waals surface area contributed by atoms with Crippen LogP contribution >= 0.6 is 0 Å². The number of benzene rings is 1. The minimum atomic E-state index is -5.00. The van der Waals surface area contributed by atoms with Crippen LogP contribution in [-0.2, 0) is 12.4 Å². The van der Waals surface area contributed by atoms with Gasteiger partial charge in [-0.3, -0.25) is 9.20 Å². The fourth-order valence-corrected chi connectivity index (χ4v) is 2.32. The molecule has 1 N–H and O–H groups in total. The number of rotatable bonds is 2. The summed E-state index contributed by atoms with van der Waals surface area (Å²) in [5.41, 5.74) is -3.28. The van der Waals surface area contributed by atoms with Gasteiger partial charge in [0.05, 0.1) is 17.3 Å². The van der Waals surface area contributed by atoms with Crippen molar-refractivity contribution in [3.8, 4) is 0 Å². The first-order valence-electron chi connectivity index (χ1n) is 7.08. The average Bonchev–Trinajstić information content (AvgIpc) is 2.97. The third-order valence-electron chi connectivity index (χ3n) is 3.50. The third kappa shape index (κ3) is 3.48. The van der Waals surface area contributed by atoms with E-state index in [2.05, 4.69) is 10.3 Å². The molecule has 0 saturated heterocycles. The number of hydrogen-bond acceptors (Lipinski definition) is 2. The van der Waals surface area contributed by atoms with Crippen LogP contribution in [0.3, 0.4) is 0 Å². The van der Waals surface area contributed by atoms with E-state index < -0.39 is 35.1 Å². The molecule has 2 aromatic heterocycles. The lowest BCUT2D eigenvalue weighted by molar-refractivity contribution is -0.143. The molecular weight excluding hydrogens is 364 g/mol. The lowest BCUT2D eigenvalue weighted by Crippen LogP contribution is -2.17. The van der Waals surface area contributed by atoms with Crippen LogP contribution in [0.25, 0.3) is 5.65 Å². The van der Waals surface area contributed by atoms with Crippen molar-refractivity contribution in [2.24, 2.45) is 0 Å². The van der Waals surface area contributed by atoms with Gasteiger partial charge in [0.15, 0.2) is 0 Å². The number of halogens is 6. The monoisotopic (exact) mass is 373 g/mol. The van der Waals surface area contributed by atoms with Crippen molar-refractivity contribution in [1.29, 1.82) is 0 Å². The maximum absolute atomic E-state index is 12.9. The quantitative estimate of drug-likeness (QED) is 0.666. The van der Waals surface area contributed by atoms with Gasteiger partial charge in [-0.1, -0.05) is 6.07 Å². The topological polar surface area (TPSA) is 46.4 Å². The Morgan fingerprint density at radius 2 is 1.58 bits per heavy atom. The van der Waals surface area contributed by atoms with E-state index in [9.17, 15) is 31.1 Å². The summed E-state index contributed by atoms with van der Waals surface area (Å²) < 4.78 is 78.5. The zero-order chi connectivity index (χ0) is 19.1. The molecule has 26 heavy (non-hydrogen) atoms. The van der Waals surface area contributed by atoms with Gasteiger partial charge in [-0.05, 0) is 30.3 Å². The van der Waals surface area contributed by atoms with Crippen molar-refractivity contribution in [1.82, 2.24) is 9.38 Å². The molecule has 4 nitrogen and oxygen atoms in total. The Balaban J connectivity index is 2.00. The maximum atomic E-state index is 12.9. The SMILES string of the molecule is O=C(Nc1cc(C(F)(F)F)cc(C(F)(F)F)c1)c1cnc2ccccn12. The predicted molar refractivity (Wildman–Crippen MR) is 79.6 cm³/mol. The number of nitrogens with one attached hydrogen (secondary N) is 1. The lowest BCUT2D eigenvalue weighted by Gasteiger charge is -2.14. The van der Waals surface area contributed by atoms with Gasteiger partial charge in [-0.25, -0.2) is 4.98 Å². The van der Waals surface area contributed by atoms with Crippen molar-refractivity contribution >= 4 is 17.2 Å². The number of nitrogens with zero attached hydrogens (tertiary/aromatic N) is 2. The summed E-state index contributed by atoms with van der Waals surface area (Å²) in [6.45, 7) is 0. The van der Waals surface area contributed by atoms with Gasteiger partial charge in [-0.15, -0.1) is 0 Å². The van der Waals surface area contributed by atoms with Crippen LogP contribution in [0.2, 0.25) is 0 Å². The highest BCUT2D eigenvalue weighted by Crippen LogP contribution is 2.37. The smallest absolute Gasteiger partial charge is 0.321 e. The molecule has 2 heterocycles. The fraction of sp³-hybridized carbons (Fsp3) is 0.125. The molecule has 0 saturated carbocycles. The molecular formula is C16H9F6N3O. The van der Waals surface area contributed by atoms with Crippen LogP contribution in [0.1, 0.15) is 21.6 Å². The van der Waals surface area contributed by atoms with E-state index >= 15 is 0 Å². The predicted octanol–water partition coefficient (Wildman–Crippen LogP) is 4.62. The largest absolute Gasteiger partial charge is 0.416 e. The zero-order valence-electron chi connectivity index (χ0n) is 12.7. The van der Waals surface area contributed by atoms with Gasteiger partial charge in [-0.2, -0.15) is 26.3 Å². The summed E-state index contributed by atoms with van der Waals surface area (Å²) in [6, 6.07) is 5.71. The Morgan fingerprint density at radius 1 is 0.962 bits per heavy atom. The van der Waals surface area contributed by atoms with Crippen LogP contribution in [0, 0.1) is 0 Å². The molecule has 3 aromatic rings. The number of alkyl halides is 6. The third-order valence-corrected chi connectivity index (χ3v) is 3.50. The van der Waals surface area contributed by atoms with E-state index in [0.717, 1.165) is 0 Å². The van der Waals surface area contributed by atoms with Gasteiger partial charge >= 0.3 is 12.4 Å². The summed E-state index contributed by atoms with van der Waals surface area (Å²) >= 11 is 0. The summed E-state index contributed by atoms with van der Waals surface area (Å²) in [5.74, 6) is -0.892. The second-order valence-electron chi connectivity index (χ2n) is 5.32. The van der Waals surface area contributed by atoms with E-state index in [1.807, 2.05) is 0 Å². The van der Waals surface area contributed by atoms with E-state index in [1.165, 1.54) is 16.8 Å². The van der Waals surface area contributed by atoms with E-state index in [-0.39, 0.29) is 11.8 Å². The molecule has 0 radical (unpaired) electrons. The Kier molecular flexibility index (Phi) is 4.13. The molecule has 136 valence electrons. The number of hydrogen-bond donors (Lipinski definition) is 1. The van der Waals surface area contributed by atoms with Crippen LogP contribution in [0.4, 0.5) is 32.0 Å². The molecule has 0 aliphatic carbocycles. The molecule has 10 heteroatoms. The van der Waals surface area contributed by atoms with Crippen LogP contribution in [0.5, 0.6) is 0 Å². The Hall–Kier alpha value is -3.04. The van der Waals surface area contributed by atoms with Crippen molar-refractivity contribution in [2.45, 2.75) is 12.4 Å². The first-order chi connectivity index (χ1) is 12.1. The van der Waals surface area contributed by atoms with Gasteiger partial charge < -0.3 is 5.32 Å². The van der Waals surface area contributed by atoms with Gasteiger partial charge in [0.25, 0.3) is 5.91 Å². The van der Waals surface area contributed by atoms with Gasteiger partial charge in [0.1, 0.15) is 11.3 Å². The molecule has 0 aliphatic heterocycles.